The molecule has 0 atom stereocenters. The summed E-state index contributed by atoms with van der Waals surface area (Å²) in [6.07, 6.45) is 1.96. The lowest BCUT2D eigenvalue weighted by Crippen LogP contribution is -2.11. The number of nitrogens with one attached hydrogen (secondary N) is 2. The van der Waals surface area contributed by atoms with Crippen LogP contribution in [0, 0.1) is 6.92 Å². The number of nitrogens with zero attached hydrogens (tertiary/aromatic N) is 2. The second-order valence-electron chi connectivity index (χ2n) is 4.68. The third-order valence-electron chi connectivity index (χ3n) is 3.02. The summed E-state index contributed by atoms with van der Waals surface area (Å²) >= 11 is 1.76. The fourth-order valence-corrected chi connectivity index (χ4v) is 2.64. The topological polar surface area (TPSA) is 49.8 Å². The van der Waals surface area contributed by atoms with Gasteiger partial charge in [0.1, 0.15) is 17.5 Å². The van der Waals surface area contributed by atoms with Gasteiger partial charge in [-0.15, -0.1) is 11.3 Å². The van der Waals surface area contributed by atoms with E-state index in [-0.39, 0.29) is 0 Å². The zero-order valence-electron chi connectivity index (χ0n) is 12.4. The summed E-state index contributed by atoms with van der Waals surface area (Å²) in [7, 11) is 0. The van der Waals surface area contributed by atoms with Crippen molar-refractivity contribution in [1.29, 1.82) is 0 Å². The largest absolute Gasteiger partial charge is 0.370 e. The summed E-state index contributed by atoms with van der Waals surface area (Å²) in [6, 6.07) is 4.20. The molecule has 0 aliphatic heterocycles. The van der Waals surface area contributed by atoms with Gasteiger partial charge in [-0.25, -0.2) is 9.97 Å². The van der Waals surface area contributed by atoms with E-state index in [9.17, 15) is 0 Å². The molecular formula is C15H22N4S. The number of anilines is 2. The van der Waals surface area contributed by atoms with Crippen LogP contribution in [0.3, 0.4) is 0 Å². The zero-order valence-corrected chi connectivity index (χ0v) is 13.2. The summed E-state index contributed by atoms with van der Waals surface area (Å²) in [4.78, 5) is 10.6. The van der Waals surface area contributed by atoms with Crippen LogP contribution in [0.2, 0.25) is 0 Å². The highest BCUT2D eigenvalue weighted by Gasteiger charge is 2.10. The van der Waals surface area contributed by atoms with E-state index in [4.69, 9.17) is 0 Å². The lowest BCUT2D eigenvalue weighted by atomic mass is 10.2. The van der Waals surface area contributed by atoms with E-state index in [1.807, 2.05) is 0 Å². The summed E-state index contributed by atoms with van der Waals surface area (Å²) in [5, 5.41) is 8.85. The first-order valence-electron chi connectivity index (χ1n) is 7.12. The average molecular weight is 290 g/mol. The van der Waals surface area contributed by atoms with E-state index < -0.39 is 0 Å². The Morgan fingerprint density at radius 1 is 1.15 bits per heavy atom. The molecule has 0 radical (unpaired) electrons. The molecule has 2 aromatic heterocycles. The molecule has 20 heavy (non-hydrogen) atoms. The molecule has 2 N–H and O–H groups in total. The standard InChI is InChI=1S/C15H22N4S/c1-4-7-13-18-14(16-5-2)11(3)15(19-13)17-10-12-8-6-9-20-12/h6,8-9H,4-5,7,10H2,1-3H3,(H2,16,17,18,19). The van der Waals surface area contributed by atoms with Gasteiger partial charge in [-0.3, -0.25) is 0 Å². The molecule has 0 aliphatic rings. The number of aryl methyl sites for hydroxylation is 1. The Kier molecular flexibility index (Phi) is 5.35. The average Bonchev–Trinajstić information content (AvgIpc) is 2.94. The zero-order chi connectivity index (χ0) is 14.4. The van der Waals surface area contributed by atoms with Crippen LogP contribution >= 0.6 is 11.3 Å². The number of hydrogen-bond acceptors (Lipinski definition) is 5. The van der Waals surface area contributed by atoms with Crippen molar-refractivity contribution in [3.05, 3.63) is 33.8 Å². The monoisotopic (exact) mass is 290 g/mol. The molecule has 2 rings (SSSR count). The van der Waals surface area contributed by atoms with Crippen LogP contribution in [0.15, 0.2) is 17.5 Å². The van der Waals surface area contributed by atoms with Crippen molar-refractivity contribution in [2.24, 2.45) is 0 Å². The molecule has 4 nitrogen and oxygen atoms in total. The maximum absolute atomic E-state index is 4.65. The van der Waals surface area contributed by atoms with Crippen LogP contribution in [-0.2, 0) is 13.0 Å². The van der Waals surface area contributed by atoms with Crippen LogP contribution in [-0.4, -0.2) is 16.5 Å². The van der Waals surface area contributed by atoms with Crippen molar-refractivity contribution in [2.75, 3.05) is 17.2 Å². The van der Waals surface area contributed by atoms with Crippen molar-refractivity contribution in [2.45, 2.75) is 40.2 Å². The Bertz CT molecular complexity index is 537. The van der Waals surface area contributed by atoms with E-state index in [0.717, 1.165) is 49.0 Å². The van der Waals surface area contributed by atoms with E-state index in [0.29, 0.717) is 0 Å². The summed E-state index contributed by atoms with van der Waals surface area (Å²) in [6.45, 7) is 7.97. The molecule has 5 heteroatoms. The molecular weight excluding hydrogens is 268 g/mol. The van der Waals surface area contributed by atoms with Gasteiger partial charge in [0, 0.05) is 23.4 Å². The van der Waals surface area contributed by atoms with Crippen molar-refractivity contribution >= 4 is 23.0 Å². The molecule has 0 bridgehead atoms. The smallest absolute Gasteiger partial charge is 0.135 e. The third-order valence-corrected chi connectivity index (χ3v) is 3.90. The Balaban J connectivity index is 2.20. The number of aromatic nitrogens is 2. The van der Waals surface area contributed by atoms with Crippen LogP contribution in [0.4, 0.5) is 11.6 Å². The van der Waals surface area contributed by atoms with Gasteiger partial charge in [-0.2, -0.15) is 0 Å². The van der Waals surface area contributed by atoms with Gasteiger partial charge >= 0.3 is 0 Å². The number of rotatable bonds is 7. The Morgan fingerprint density at radius 2 is 1.90 bits per heavy atom. The van der Waals surface area contributed by atoms with Crippen molar-refractivity contribution in [1.82, 2.24) is 9.97 Å². The summed E-state index contributed by atoms with van der Waals surface area (Å²) < 4.78 is 0. The first-order chi connectivity index (χ1) is 9.74. The first kappa shape index (κ1) is 14.8. The Labute approximate surface area is 124 Å². The predicted molar refractivity (Wildman–Crippen MR) is 86.6 cm³/mol. The van der Waals surface area contributed by atoms with Crippen LogP contribution in [0.5, 0.6) is 0 Å². The normalized spacial score (nSPS) is 10.6. The van der Waals surface area contributed by atoms with Gasteiger partial charge < -0.3 is 10.6 Å². The van der Waals surface area contributed by atoms with Crippen LogP contribution in [0.1, 0.15) is 36.5 Å². The molecule has 0 spiro atoms. The van der Waals surface area contributed by atoms with Crippen molar-refractivity contribution in [3.63, 3.8) is 0 Å². The fourth-order valence-electron chi connectivity index (χ4n) is 1.99. The highest BCUT2D eigenvalue weighted by Crippen LogP contribution is 2.21. The molecule has 108 valence electrons. The summed E-state index contributed by atoms with van der Waals surface area (Å²) in [5.41, 5.74) is 1.09. The number of hydrogen-bond donors (Lipinski definition) is 2. The van der Waals surface area contributed by atoms with Gasteiger partial charge in [0.2, 0.25) is 0 Å². The minimum Gasteiger partial charge on any atom is -0.370 e. The molecule has 2 heterocycles. The summed E-state index contributed by atoms with van der Waals surface area (Å²) in [5.74, 6) is 2.79. The fraction of sp³-hybridized carbons (Fsp3) is 0.467. The molecule has 2 aromatic rings. The van der Waals surface area contributed by atoms with E-state index in [2.05, 4.69) is 58.9 Å². The molecule has 0 fully saturated rings. The minimum absolute atomic E-state index is 0.812. The SMILES string of the molecule is CCCc1nc(NCC)c(C)c(NCc2cccs2)n1. The van der Waals surface area contributed by atoms with E-state index in [1.54, 1.807) is 11.3 Å². The molecule has 0 saturated heterocycles. The van der Waals surface area contributed by atoms with E-state index in [1.165, 1.54) is 4.88 Å². The van der Waals surface area contributed by atoms with Crippen molar-refractivity contribution in [3.8, 4) is 0 Å². The molecule has 0 amide bonds. The Hall–Kier alpha value is -1.62. The lowest BCUT2D eigenvalue weighted by molar-refractivity contribution is 0.830. The quantitative estimate of drug-likeness (QED) is 0.813. The maximum Gasteiger partial charge on any atom is 0.135 e. The van der Waals surface area contributed by atoms with Gasteiger partial charge in [0.25, 0.3) is 0 Å². The number of thiophene rings is 1. The van der Waals surface area contributed by atoms with Gasteiger partial charge in [0.05, 0.1) is 6.54 Å². The highest BCUT2D eigenvalue weighted by molar-refractivity contribution is 7.09. The van der Waals surface area contributed by atoms with Gasteiger partial charge in [-0.1, -0.05) is 13.0 Å². The van der Waals surface area contributed by atoms with Crippen molar-refractivity contribution < 1.29 is 0 Å². The van der Waals surface area contributed by atoms with E-state index >= 15 is 0 Å². The third kappa shape index (κ3) is 3.70. The lowest BCUT2D eigenvalue weighted by Gasteiger charge is -2.14. The molecule has 0 aliphatic carbocycles. The van der Waals surface area contributed by atoms with Gasteiger partial charge in [-0.05, 0) is 31.7 Å². The van der Waals surface area contributed by atoms with Gasteiger partial charge in [0.15, 0.2) is 0 Å². The second kappa shape index (κ2) is 7.24. The van der Waals surface area contributed by atoms with Crippen LogP contribution in [0.25, 0.3) is 0 Å². The Morgan fingerprint density at radius 3 is 2.50 bits per heavy atom. The second-order valence-corrected chi connectivity index (χ2v) is 5.71. The molecule has 0 aromatic carbocycles. The highest BCUT2D eigenvalue weighted by atomic mass is 32.1. The molecule has 0 saturated carbocycles. The predicted octanol–water partition coefficient (Wildman–Crippen LogP) is 3.84. The molecule has 0 unspecified atom stereocenters. The van der Waals surface area contributed by atoms with Crippen LogP contribution < -0.4 is 10.6 Å². The minimum atomic E-state index is 0.812. The first-order valence-corrected chi connectivity index (χ1v) is 8.00. The maximum atomic E-state index is 4.65.